The molecule has 0 atom stereocenters. The zero-order valence-corrected chi connectivity index (χ0v) is 17.3. The molecule has 5 heteroatoms. The van der Waals surface area contributed by atoms with Gasteiger partial charge < -0.3 is 10.2 Å². The fourth-order valence-electron chi connectivity index (χ4n) is 4.07. The minimum absolute atomic E-state index is 0.781. The Balaban J connectivity index is 1.40. The summed E-state index contributed by atoms with van der Waals surface area (Å²) in [5.74, 6) is 0.859. The summed E-state index contributed by atoms with van der Waals surface area (Å²) in [6.07, 6.45) is 9.80. The lowest BCUT2D eigenvalue weighted by Gasteiger charge is -2.28. The van der Waals surface area contributed by atoms with Crippen molar-refractivity contribution in [3.05, 3.63) is 72.2 Å². The van der Waals surface area contributed by atoms with E-state index >= 15 is 0 Å². The second-order valence-corrected chi connectivity index (χ2v) is 8.14. The SMILES string of the molecule is CN1CCC(CCNCc2cn(Cc3ccccc3)nc2-c2cccnc2)CC1. The third kappa shape index (κ3) is 5.52. The molecule has 0 unspecified atom stereocenters. The van der Waals surface area contributed by atoms with E-state index in [2.05, 4.69) is 58.8 Å². The minimum Gasteiger partial charge on any atom is -0.313 e. The number of piperidine rings is 1. The van der Waals surface area contributed by atoms with E-state index in [1.54, 1.807) is 0 Å². The second-order valence-electron chi connectivity index (χ2n) is 8.14. The number of hydrogen-bond acceptors (Lipinski definition) is 4. The van der Waals surface area contributed by atoms with E-state index in [0.29, 0.717) is 0 Å². The zero-order chi connectivity index (χ0) is 19.9. The zero-order valence-electron chi connectivity index (χ0n) is 17.3. The first-order valence-electron chi connectivity index (χ1n) is 10.7. The molecule has 29 heavy (non-hydrogen) atoms. The van der Waals surface area contributed by atoms with Crippen LogP contribution in [0.2, 0.25) is 0 Å². The van der Waals surface area contributed by atoms with Crippen molar-refractivity contribution in [2.24, 2.45) is 5.92 Å². The lowest BCUT2D eigenvalue weighted by atomic mass is 9.94. The standard InChI is InChI=1S/C24H31N5/c1-28-14-10-20(11-15-28)9-13-26-17-23-19-29(18-21-6-3-2-4-7-21)27-24(23)22-8-5-12-25-16-22/h2-8,12,16,19-20,26H,9-11,13-15,17-18H2,1H3. The van der Waals surface area contributed by atoms with Gasteiger partial charge >= 0.3 is 0 Å². The molecule has 0 aliphatic carbocycles. The van der Waals surface area contributed by atoms with Gasteiger partial charge in [0.15, 0.2) is 0 Å². The molecule has 5 nitrogen and oxygen atoms in total. The third-order valence-electron chi connectivity index (χ3n) is 5.84. The summed E-state index contributed by atoms with van der Waals surface area (Å²) in [6.45, 7) is 5.16. The number of pyridine rings is 1. The van der Waals surface area contributed by atoms with Crippen LogP contribution in [0, 0.1) is 5.92 Å². The smallest absolute Gasteiger partial charge is 0.0983 e. The van der Waals surface area contributed by atoms with Gasteiger partial charge in [-0.1, -0.05) is 30.3 Å². The van der Waals surface area contributed by atoms with Crippen LogP contribution in [0.5, 0.6) is 0 Å². The Kier molecular flexibility index (Phi) is 6.70. The van der Waals surface area contributed by atoms with Gasteiger partial charge in [0.2, 0.25) is 0 Å². The molecule has 1 aliphatic rings. The second kappa shape index (κ2) is 9.81. The predicted molar refractivity (Wildman–Crippen MR) is 118 cm³/mol. The highest BCUT2D eigenvalue weighted by Gasteiger charge is 2.16. The number of rotatable bonds is 8. The molecular weight excluding hydrogens is 358 g/mol. The molecule has 0 bridgehead atoms. The highest BCUT2D eigenvalue weighted by Crippen LogP contribution is 2.22. The van der Waals surface area contributed by atoms with Crippen molar-refractivity contribution in [2.45, 2.75) is 32.4 Å². The van der Waals surface area contributed by atoms with Crippen molar-refractivity contribution < 1.29 is 0 Å². The molecule has 2 aromatic heterocycles. The van der Waals surface area contributed by atoms with E-state index in [4.69, 9.17) is 5.10 Å². The maximum absolute atomic E-state index is 4.88. The van der Waals surface area contributed by atoms with Gasteiger partial charge in [-0.3, -0.25) is 9.67 Å². The fourth-order valence-corrected chi connectivity index (χ4v) is 4.07. The summed E-state index contributed by atoms with van der Waals surface area (Å²) < 4.78 is 2.05. The van der Waals surface area contributed by atoms with Crippen LogP contribution >= 0.6 is 0 Å². The van der Waals surface area contributed by atoms with Gasteiger partial charge in [-0.25, -0.2) is 0 Å². The van der Waals surface area contributed by atoms with Crippen LogP contribution in [-0.2, 0) is 13.1 Å². The molecule has 3 heterocycles. The largest absolute Gasteiger partial charge is 0.313 e. The van der Waals surface area contributed by atoms with E-state index in [-0.39, 0.29) is 0 Å². The number of benzene rings is 1. The number of likely N-dealkylation sites (tertiary alicyclic amines) is 1. The Labute approximate surface area is 173 Å². The topological polar surface area (TPSA) is 46.0 Å². The van der Waals surface area contributed by atoms with Crippen LogP contribution in [0.25, 0.3) is 11.3 Å². The Bertz CT molecular complexity index is 867. The number of nitrogens with one attached hydrogen (secondary N) is 1. The molecule has 1 aliphatic heterocycles. The van der Waals surface area contributed by atoms with Crippen LogP contribution in [-0.4, -0.2) is 46.3 Å². The van der Waals surface area contributed by atoms with Crippen molar-refractivity contribution in [1.82, 2.24) is 25.0 Å². The lowest BCUT2D eigenvalue weighted by molar-refractivity contribution is 0.211. The highest BCUT2D eigenvalue weighted by atomic mass is 15.3. The average molecular weight is 390 g/mol. The van der Waals surface area contributed by atoms with Crippen molar-refractivity contribution >= 4 is 0 Å². The van der Waals surface area contributed by atoms with Crippen LogP contribution < -0.4 is 5.32 Å². The van der Waals surface area contributed by atoms with Gasteiger partial charge in [0.25, 0.3) is 0 Å². The van der Waals surface area contributed by atoms with E-state index in [1.165, 1.54) is 43.5 Å². The molecule has 1 N–H and O–H groups in total. The lowest BCUT2D eigenvalue weighted by Crippen LogP contribution is -2.31. The molecule has 0 radical (unpaired) electrons. The van der Waals surface area contributed by atoms with Gasteiger partial charge in [-0.15, -0.1) is 0 Å². The Morgan fingerprint density at radius 1 is 1.07 bits per heavy atom. The summed E-state index contributed by atoms with van der Waals surface area (Å²) in [5, 5.41) is 8.54. The van der Waals surface area contributed by atoms with Crippen molar-refractivity contribution in [3.8, 4) is 11.3 Å². The van der Waals surface area contributed by atoms with E-state index < -0.39 is 0 Å². The Morgan fingerprint density at radius 3 is 2.66 bits per heavy atom. The predicted octanol–water partition coefficient (Wildman–Crippen LogP) is 3.81. The molecule has 1 fully saturated rings. The number of hydrogen-bond donors (Lipinski definition) is 1. The van der Waals surface area contributed by atoms with Crippen molar-refractivity contribution in [1.29, 1.82) is 0 Å². The van der Waals surface area contributed by atoms with Gasteiger partial charge in [0.05, 0.1) is 12.2 Å². The van der Waals surface area contributed by atoms with Crippen molar-refractivity contribution in [3.63, 3.8) is 0 Å². The van der Waals surface area contributed by atoms with Gasteiger partial charge in [0.1, 0.15) is 0 Å². The Hall–Kier alpha value is -2.50. The molecule has 1 aromatic carbocycles. The van der Waals surface area contributed by atoms with Crippen LogP contribution in [0.1, 0.15) is 30.4 Å². The third-order valence-corrected chi connectivity index (χ3v) is 5.84. The minimum atomic E-state index is 0.781. The van der Waals surface area contributed by atoms with Crippen LogP contribution in [0.15, 0.2) is 61.1 Å². The first-order chi connectivity index (χ1) is 14.3. The Morgan fingerprint density at radius 2 is 1.90 bits per heavy atom. The summed E-state index contributed by atoms with van der Waals surface area (Å²) in [6, 6.07) is 14.6. The van der Waals surface area contributed by atoms with E-state index in [0.717, 1.165) is 36.8 Å². The number of nitrogens with zero attached hydrogens (tertiary/aromatic N) is 4. The summed E-state index contributed by atoms with van der Waals surface area (Å²) in [4.78, 5) is 6.72. The maximum Gasteiger partial charge on any atom is 0.0983 e. The monoisotopic (exact) mass is 389 g/mol. The average Bonchev–Trinajstić information content (AvgIpc) is 3.16. The van der Waals surface area contributed by atoms with Gasteiger partial charge in [-0.05, 0) is 69.6 Å². The first-order valence-corrected chi connectivity index (χ1v) is 10.7. The number of aromatic nitrogens is 3. The van der Waals surface area contributed by atoms with Crippen molar-refractivity contribution in [2.75, 3.05) is 26.7 Å². The quantitative estimate of drug-likeness (QED) is 0.595. The molecule has 0 amide bonds. The summed E-state index contributed by atoms with van der Waals surface area (Å²) in [7, 11) is 2.22. The molecular formula is C24H31N5. The molecule has 3 aromatic rings. The van der Waals surface area contributed by atoms with E-state index in [1.807, 2.05) is 29.2 Å². The molecule has 0 spiro atoms. The molecule has 152 valence electrons. The maximum atomic E-state index is 4.88. The van der Waals surface area contributed by atoms with Crippen LogP contribution in [0.4, 0.5) is 0 Å². The molecule has 1 saturated heterocycles. The highest BCUT2D eigenvalue weighted by molar-refractivity contribution is 5.61. The molecule has 4 rings (SSSR count). The van der Waals surface area contributed by atoms with E-state index in [9.17, 15) is 0 Å². The molecule has 0 saturated carbocycles. The fraction of sp³-hybridized carbons (Fsp3) is 0.417. The summed E-state index contributed by atoms with van der Waals surface area (Å²) in [5.41, 5.74) is 4.60. The first kappa shape index (κ1) is 19.8. The normalized spacial score (nSPS) is 15.6. The summed E-state index contributed by atoms with van der Waals surface area (Å²) >= 11 is 0. The van der Waals surface area contributed by atoms with Gasteiger partial charge in [-0.2, -0.15) is 5.10 Å². The van der Waals surface area contributed by atoms with Gasteiger partial charge in [0, 0.05) is 36.3 Å². The van der Waals surface area contributed by atoms with Crippen LogP contribution in [0.3, 0.4) is 0 Å².